The number of benzene rings is 2. The van der Waals surface area contributed by atoms with Crippen LogP contribution in [0, 0.1) is 11.8 Å². The number of aliphatic hydroxyl groups excluding tert-OH is 1. The first kappa shape index (κ1) is 33.2. The van der Waals surface area contributed by atoms with Gasteiger partial charge in [0.25, 0.3) is 0 Å². The Hall–Kier alpha value is -4.70. The van der Waals surface area contributed by atoms with Gasteiger partial charge in [-0.15, -0.1) is 0 Å². The molecule has 10 nitrogen and oxygen atoms in total. The fourth-order valence-electron chi connectivity index (χ4n) is 8.24. The number of hydrogen-bond acceptors (Lipinski definition) is 9. The third kappa shape index (κ3) is 6.54. The molecule has 4 atom stereocenters. The molecule has 0 spiro atoms. The van der Waals surface area contributed by atoms with Crippen molar-refractivity contribution < 1.29 is 34.7 Å². The Bertz CT molecular complexity index is 1740. The number of rotatable bonds is 13. The Morgan fingerprint density at radius 1 is 1.12 bits per heavy atom. The van der Waals surface area contributed by atoms with E-state index < -0.39 is 17.4 Å². The number of carbonyl (C=O) groups excluding carboxylic acids is 1. The maximum absolute atomic E-state index is 14.7. The lowest BCUT2D eigenvalue weighted by atomic mass is 9.59. The molecule has 2 aromatic carbocycles. The number of aromatic nitrogens is 2. The van der Waals surface area contributed by atoms with Gasteiger partial charge in [-0.2, -0.15) is 11.9 Å². The summed E-state index contributed by atoms with van der Waals surface area (Å²) in [5.41, 5.74) is 9.93. The molecule has 1 saturated carbocycles. The molecule has 2 aromatic heterocycles. The summed E-state index contributed by atoms with van der Waals surface area (Å²) in [4.78, 5) is 23.6. The van der Waals surface area contributed by atoms with Gasteiger partial charge in [-0.25, -0.2) is 4.98 Å². The summed E-state index contributed by atoms with van der Waals surface area (Å²) in [6.07, 6.45) is 8.33. The van der Waals surface area contributed by atoms with Gasteiger partial charge in [-0.3, -0.25) is 4.79 Å². The number of anilines is 1. The van der Waals surface area contributed by atoms with E-state index in [-0.39, 0.29) is 47.5 Å². The minimum atomic E-state index is -1.00. The SMILES string of the molecule is COc1cc(CCC(=O)[C@H]([C@H](O)CCc2ccc(O)c3c2CCCO3)[C@]2(c3ccnc(N)c3)CCC[C@H]2Cc2ccc[n-]2)cc(O)c1O. The van der Waals surface area contributed by atoms with E-state index >= 15 is 0 Å². The molecule has 3 heterocycles. The second kappa shape index (κ2) is 14.2. The predicted molar refractivity (Wildman–Crippen MR) is 181 cm³/mol. The number of methoxy groups -OCH3 is 1. The van der Waals surface area contributed by atoms with E-state index in [2.05, 4.69) is 9.97 Å². The van der Waals surface area contributed by atoms with Crippen molar-refractivity contribution in [1.82, 2.24) is 9.97 Å². The standard InChI is InChI=1S/C38H44N3O7/c1-47-33-20-23(19-32(45)36(33)46)8-11-29(42)35(30(43)12-9-24-10-13-31(44)37-28(24)7-4-18-48-37)38(26-14-17-41-34(39)22-26)15-2-5-25(38)21-27-6-3-16-40-27/h3,6,10,13-14,16-17,19-20,22,25,30,35,43-46H,2,4-5,7-9,11-12,15,18,21H2,1H3,(H2,39,41)/q-1/t25-,30+,35+,38+/m0/s1. The highest BCUT2D eigenvalue weighted by Crippen LogP contribution is 2.54. The van der Waals surface area contributed by atoms with Crippen LogP contribution in [0.2, 0.25) is 0 Å². The molecule has 1 aliphatic heterocycles. The Balaban J connectivity index is 1.38. The van der Waals surface area contributed by atoms with Gasteiger partial charge in [0.15, 0.2) is 23.0 Å². The van der Waals surface area contributed by atoms with Crippen LogP contribution in [-0.2, 0) is 35.9 Å². The lowest BCUT2D eigenvalue weighted by molar-refractivity contribution is -0.131. The Morgan fingerprint density at radius 3 is 2.75 bits per heavy atom. The normalized spacial score (nSPS) is 20.1. The van der Waals surface area contributed by atoms with E-state index in [4.69, 9.17) is 15.2 Å². The Kier molecular flexibility index (Phi) is 9.82. The van der Waals surface area contributed by atoms with Crippen molar-refractivity contribution in [2.24, 2.45) is 11.8 Å². The Labute approximate surface area is 280 Å². The topological polar surface area (TPSA) is 169 Å². The van der Waals surface area contributed by atoms with E-state index in [0.29, 0.717) is 49.4 Å². The zero-order valence-electron chi connectivity index (χ0n) is 27.3. The van der Waals surface area contributed by atoms with Crippen LogP contribution in [0.3, 0.4) is 0 Å². The molecule has 0 radical (unpaired) electrons. The number of ketones is 1. The first-order valence-corrected chi connectivity index (χ1v) is 16.8. The number of aromatic hydroxyl groups is 3. The number of nitrogens with zero attached hydrogens (tertiary/aromatic N) is 2. The summed E-state index contributed by atoms with van der Waals surface area (Å²) in [5, 5.41) is 43.2. The van der Waals surface area contributed by atoms with Gasteiger partial charge in [0.2, 0.25) is 5.75 Å². The highest BCUT2D eigenvalue weighted by atomic mass is 16.5. The lowest BCUT2D eigenvalue weighted by Crippen LogP contribution is -2.49. The maximum atomic E-state index is 14.7. The molecular formula is C38H44N3O7-. The molecule has 4 aromatic rings. The van der Waals surface area contributed by atoms with Gasteiger partial charge in [0.05, 0.1) is 25.7 Å². The molecule has 0 saturated heterocycles. The van der Waals surface area contributed by atoms with Gasteiger partial charge in [0.1, 0.15) is 11.6 Å². The van der Waals surface area contributed by atoms with Crippen molar-refractivity contribution in [3.05, 3.63) is 88.9 Å². The molecule has 1 fully saturated rings. The highest BCUT2D eigenvalue weighted by molar-refractivity contribution is 5.84. The van der Waals surface area contributed by atoms with E-state index in [1.165, 1.54) is 13.2 Å². The molecule has 2 aliphatic rings. The van der Waals surface area contributed by atoms with Gasteiger partial charge in [-0.1, -0.05) is 24.6 Å². The Morgan fingerprint density at radius 2 is 1.98 bits per heavy atom. The number of nitrogens with two attached hydrogens (primary N) is 1. The summed E-state index contributed by atoms with van der Waals surface area (Å²) in [6.45, 7) is 0.547. The molecule has 0 amide bonds. The molecular weight excluding hydrogens is 610 g/mol. The van der Waals surface area contributed by atoms with Crippen LogP contribution in [0.5, 0.6) is 28.7 Å². The molecule has 1 aliphatic carbocycles. The van der Waals surface area contributed by atoms with Crippen molar-refractivity contribution in [1.29, 1.82) is 0 Å². The van der Waals surface area contributed by atoms with E-state index in [1.807, 2.05) is 30.3 Å². The van der Waals surface area contributed by atoms with Crippen LogP contribution >= 0.6 is 0 Å². The first-order valence-electron chi connectivity index (χ1n) is 16.8. The van der Waals surface area contributed by atoms with Crippen molar-refractivity contribution >= 4 is 11.6 Å². The number of hydrogen-bond donors (Lipinski definition) is 5. The number of Topliss-reactive ketones (excluding diaryl/α,β-unsaturated/α-hetero) is 1. The minimum Gasteiger partial charge on any atom is -0.668 e. The maximum Gasteiger partial charge on any atom is 0.200 e. The summed E-state index contributed by atoms with van der Waals surface area (Å²) < 4.78 is 11.0. The molecule has 6 N–H and O–H groups in total. The lowest BCUT2D eigenvalue weighted by Gasteiger charge is -2.45. The molecule has 6 rings (SSSR count). The van der Waals surface area contributed by atoms with E-state index in [1.54, 1.807) is 24.5 Å². The fraction of sp³-hybridized carbons (Fsp3) is 0.421. The van der Waals surface area contributed by atoms with Crippen molar-refractivity contribution in [3.63, 3.8) is 0 Å². The number of carbonyl (C=O) groups is 1. The van der Waals surface area contributed by atoms with Crippen LogP contribution < -0.4 is 20.2 Å². The highest BCUT2D eigenvalue weighted by Gasteiger charge is 2.54. The second-order valence-corrected chi connectivity index (χ2v) is 13.2. The fourth-order valence-corrected chi connectivity index (χ4v) is 8.24. The zero-order chi connectivity index (χ0) is 33.8. The number of pyridine rings is 1. The minimum absolute atomic E-state index is 0.00504. The number of aryl methyl sites for hydroxylation is 2. The molecule has 0 bridgehead atoms. The number of phenolic OH excluding ortho intramolecular Hbond substituents is 3. The van der Waals surface area contributed by atoms with Crippen LogP contribution in [0.1, 0.15) is 66.5 Å². The molecule has 0 unspecified atom stereocenters. The van der Waals surface area contributed by atoms with Gasteiger partial charge >= 0.3 is 0 Å². The summed E-state index contributed by atoms with van der Waals surface area (Å²) >= 11 is 0. The number of ether oxygens (including phenoxy) is 2. The smallest absolute Gasteiger partial charge is 0.200 e. The second-order valence-electron chi connectivity index (χ2n) is 13.2. The first-order chi connectivity index (χ1) is 23.2. The third-order valence-electron chi connectivity index (χ3n) is 10.4. The number of aliphatic hydroxyl groups is 1. The van der Waals surface area contributed by atoms with Crippen LogP contribution in [-0.4, -0.2) is 51.0 Å². The quantitative estimate of drug-likeness (QED) is 0.121. The van der Waals surface area contributed by atoms with Crippen molar-refractivity contribution in [2.45, 2.75) is 75.7 Å². The van der Waals surface area contributed by atoms with Crippen LogP contribution in [0.25, 0.3) is 0 Å². The number of phenols is 3. The largest absolute Gasteiger partial charge is 0.668 e. The third-order valence-corrected chi connectivity index (χ3v) is 10.4. The van der Waals surface area contributed by atoms with Crippen LogP contribution in [0.15, 0.2) is 60.9 Å². The van der Waals surface area contributed by atoms with Gasteiger partial charge in [-0.05, 0) is 104 Å². The van der Waals surface area contributed by atoms with E-state index in [9.17, 15) is 25.2 Å². The zero-order valence-corrected chi connectivity index (χ0v) is 27.3. The number of fused-ring (bicyclic) bond motifs is 1. The van der Waals surface area contributed by atoms with Gasteiger partial charge in [0, 0.05) is 23.6 Å². The van der Waals surface area contributed by atoms with E-state index in [0.717, 1.165) is 48.1 Å². The van der Waals surface area contributed by atoms with Gasteiger partial charge < -0.3 is 40.6 Å². The summed E-state index contributed by atoms with van der Waals surface area (Å²) in [7, 11) is 1.40. The summed E-state index contributed by atoms with van der Waals surface area (Å²) in [6, 6.07) is 14.3. The summed E-state index contributed by atoms with van der Waals surface area (Å²) in [5.74, 6) is -0.447. The monoisotopic (exact) mass is 654 g/mol. The molecule has 10 heteroatoms. The van der Waals surface area contributed by atoms with Crippen molar-refractivity contribution in [2.75, 3.05) is 19.5 Å². The average Bonchev–Trinajstić information content (AvgIpc) is 3.76. The van der Waals surface area contributed by atoms with Crippen molar-refractivity contribution in [3.8, 4) is 28.7 Å². The number of nitrogen functional groups attached to an aromatic ring is 1. The predicted octanol–water partition coefficient (Wildman–Crippen LogP) is 5.16. The molecule has 48 heavy (non-hydrogen) atoms. The van der Waals surface area contributed by atoms with Crippen LogP contribution in [0.4, 0.5) is 5.82 Å². The average molecular weight is 655 g/mol. The molecule has 254 valence electrons.